The molecule has 7 nitrogen and oxygen atoms in total. The summed E-state index contributed by atoms with van der Waals surface area (Å²) in [6.45, 7) is 7.74. The Morgan fingerprint density at radius 1 is 1.30 bits per heavy atom. The van der Waals surface area contributed by atoms with Crippen molar-refractivity contribution in [1.29, 1.82) is 0 Å². The van der Waals surface area contributed by atoms with E-state index in [4.69, 9.17) is 14.5 Å². The summed E-state index contributed by atoms with van der Waals surface area (Å²) in [5.74, 6) is 0.717. The number of anilines is 1. The van der Waals surface area contributed by atoms with E-state index in [-0.39, 0.29) is 6.04 Å². The SMILES string of the molecule is COc1cnc(C)c(-c2cc(N[C@@H]3CCOC3)c3c(cnn3C(C)C)n2)c1. The van der Waals surface area contributed by atoms with Crippen molar-refractivity contribution in [3.63, 3.8) is 0 Å². The third-order valence-corrected chi connectivity index (χ3v) is 4.91. The minimum atomic E-state index is 0.246. The lowest BCUT2D eigenvalue weighted by Crippen LogP contribution is -2.20. The molecule has 1 aliphatic heterocycles. The molecule has 0 bridgehead atoms. The summed E-state index contributed by atoms with van der Waals surface area (Å²) in [5.41, 5.74) is 5.64. The maximum absolute atomic E-state index is 5.54. The van der Waals surface area contributed by atoms with Gasteiger partial charge in [0, 0.05) is 23.9 Å². The normalized spacial score (nSPS) is 17.0. The van der Waals surface area contributed by atoms with Crippen LogP contribution < -0.4 is 10.1 Å². The summed E-state index contributed by atoms with van der Waals surface area (Å²) in [6, 6.07) is 4.61. The van der Waals surface area contributed by atoms with Crippen molar-refractivity contribution in [2.24, 2.45) is 0 Å². The Hall–Kier alpha value is -2.67. The van der Waals surface area contributed by atoms with Crippen LogP contribution in [0.3, 0.4) is 0 Å². The van der Waals surface area contributed by atoms with Crippen LogP contribution >= 0.6 is 0 Å². The van der Waals surface area contributed by atoms with Crippen LogP contribution in [0.1, 0.15) is 32.0 Å². The first-order chi connectivity index (χ1) is 13.1. The van der Waals surface area contributed by atoms with Crippen LogP contribution in [-0.4, -0.2) is 46.1 Å². The number of rotatable bonds is 5. The van der Waals surface area contributed by atoms with E-state index < -0.39 is 0 Å². The third-order valence-electron chi connectivity index (χ3n) is 4.91. The molecule has 3 aromatic heterocycles. The van der Waals surface area contributed by atoms with E-state index in [1.54, 1.807) is 13.3 Å². The number of aromatic nitrogens is 4. The molecule has 1 aliphatic rings. The van der Waals surface area contributed by atoms with E-state index >= 15 is 0 Å². The molecule has 0 saturated carbocycles. The van der Waals surface area contributed by atoms with Gasteiger partial charge in [0.2, 0.25) is 0 Å². The molecule has 7 heteroatoms. The van der Waals surface area contributed by atoms with Crippen LogP contribution in [0, 0.1) is 6.92 Å². The van der Waals surface area contributed by atoms with Crippen LogP contribution in [0.2, 0.25) is 0 Å². The molecule has 0 unspecified atom stereocenters. The summed E-state index contributed by atoms with van der Waals surface area (Å²) in [6.07, 6.45) is 4.55. The molecule has 0 amide bonds. The van der Waals surface area contributed by atoms with Gasteiger partial charge in [-0.25, -0.2) is 4.98 Å². The van der Waals surface area contributed by atoms with Gasteiger partial charge in [0.1, 0.15) is 16.8 Å². The van der Waals surface area contributed by atoms with Gasteiger partial charge in [0.25, 0.3) is 0 Å². The monoisotopic (exact) mass is 367 g/mol. The second-order valence-electron chi connectivity index (χ2n) is 7.18. The summed E-state index contributed by atoms with van der Waals surface area (Å²) < 4.78 is 12.9. The zero-order chi connectivity index (χ0) is 19.0. The molecule has 4 rings (SSSR count). The quantitative estimate of drug-likeness (QED) is 0.743. The molecule has 0 radical (unpaired) electrons. The number of nitrogens with zero attached hydrogens (tertiary/aromatic N) is 4. The zero-order valence-corrected chi connectivity index (χ0v) is 16.2. The summed E-state index contributed by atoms with van der Waals surface area (Å²) in [7, 11) is 1.65. The molecule has 0 aliphatic carbocycles. The fourth-order valence-electron chi connectivity index (χ4n) is 3.46. The van der Waals surface area contributed by atoms with E-state index in [1.807, 2.05) is 23.9 Å². The second-order valence-corrected chi connectivity index (χ2v) is 7.18. The average Bonchev–Trinajstić information content (AvgIpc) is 3.31. The molecule has 0 aromatic carbocycles. The van der Waals surface area contributed by atoms with Gasteiger partial charge < -0.3 is 14.8 Å². The van der Waals surface area contributed by atoms with Crippen molar-refractivity contribution in [2.75, 3.05) is 25.6 Å². The van der Waals surface area contributed by atoms with Gasteiger partial charge in [0.05, 0.1) is 43.5 Å². The van der Waals surface area contributed by atoms with E-state index in [0.717, 1.165) is 46.7 Å². The maximum Gasteiger partial charge on any atom is 0.137 e. The number of hydrogen-bond acceptors (Lipinski definition) is 6. The highest BCUT2D eigenvalue weighted by molar-refractivity contribution is 5.91. The van der Waals surface area contributed by atoms with Gasteiger partial charge >= 0.3 is 0 Å². The van der Waals surface area contributed by atoms with Crippen LogP contribution in [-0.2, 0) is 4.74 Å². The highest BCUT2D eigenvalue weighted by Gasteiger charge is 2.20. The second kappa shape index (κ2) is 7.15. The molecule has 142 valence electrons. The van der Waals surface area contributed by atoms with Crippen molar-refractivity contribution < 1.29 is 9.47 Å². The Bertz CT molecular complexity index is 960. The van der Waals surface area contributed by atoms with E-state index in [1.165, 1.54) is 0 Å². The van der Waals surface area contributed by atoms with Gasteiger partial charge in [-0.3, -0.25) is 9.67 Å². The molecule has 4 heterocycles. The third kappa shape index (κ3) is 3.35. The number of aryl methyl sites for hydroxylation is 1. The largest absolute Gasteiger partial charge is 0.495 e. The van der Waals surface area contributed by atoms with Crippen LogP contribution in [0.5, 0.6) is 5.75 Å². The minimum Gasteiger partial charge on any atom is -0.495 e. The minimum absolute atomic E-state index is 0.246. The summed E-state index contributed by atoms with van der Waals surface area (Å²) in [5, 5.41) is 8.21. The Kier molecular flexibility index (Phi) is 4.70. The molecule has 1 atom stereocenters. The topological polar surface area (TPSA) is 74.1 Å². The Morgan fingerprint density at radius 2 is 2.15 bits per heavy atom. The highest BCUT2D eigenvalue weighted by atomic mass is 16.5. The molecule has 1 N–H and O–H groups in total. The number of hydrogen-bond donors (Lipinski definition) is 1. The fourth-order valence-corrected chi connectivity index (χ4v) is 3.46. The van der Waals surface area contributed by atoms with Gasteiger partial charge in [-0.15, -0.1) is 0 Å². The van der Waals surface area contributed by atoms with Gasteiger partial charge in [-0.05, 0) is 39.3 Å². The van der Waals surface area contributed by atoms with Crippen molar-refractivity contribution >= 4 is 16.7 Å². The summed E-state index contributed by atoms with van der Waals surface area (Å²) >= 11 is 0. The molecule has 1 saturated heterocycles. The lowest BCUT2D eigenvalue weighted by atomic mass is 10.1. The summed E-state index contributed by atoms with van der Waals surface area (Å²) in [4.78, 5) is 9.32. The van der Waals surface area contributed by atoms with E-state index in [9.17, 15) is 0 Å². The molecule has 27 heavy (non-hydrogen) atoms. The Balaban J connectivity index is 1.87. The molecule has 1 fully saturated rings. The molecule has 3 aromatic rings. The first-order valence-corrected chi connectivity index (χ1v) is 9.30. The molecule has 0 spiro atoms. The highest BCUT2D eigenvalue weighted by Crippen LogP contribution is 2.33. The van der Waals surface area contributed by atoms with Gasteiger partial charge in [0.15, 0.2) is 0 Å². The van der Waals surface area contributed by atoms with E-state index in [0.29, 0.717) is 18.4 Å². The van der Waals surface area contributed by atoms with Crippen LogP contribution in [0.25, 0.3) is 22.3 Å². The van der Waals surface area contributed by atoms with E-state index in [2.05, 4.69) is 35.3 Å². The van der Waals surface area contributed by atoms with Crippen molar-refractivity contribution in [1.82, 2.24) is 19.7 Å². The number of fused-ring (bicyclic) bond motifs is 1. The standard InChI is InChI=1S/C20H25N5O2/c1-12(2)25-20-18(23-14-5-6-27-11-14)8-17(24-19(20)10-22-25)16-7-15(26-4)9-21-13(16)3/h7-10,12,14H,5-6,11H2,1-4H3,(H,23,24)/t14-/m1/s1. The predicted molar refractivity (Wildman–Crippen MR) is 105 cm³/mol. The lowest BCUT2D eigenvalue weighted by molar-refractivity contribution is 0.195. The number of nitrogens with one attached hydrogen (secondary N) is 1. The van der Waals surface area contributed by atoms with Crippen molar-refractivity contribution in [3.05, 3.63) is 30.2 Å². The first kappa shape index (κ1) is 17.7. The van der Waals surface area contributed by atoms with Crippen LogP contribution in [0.4, 0.5) is 5.69 Å². The Labute approximate surface area is 158 Å². The number of ether oxygens (including phenoxy) is 2. The smallest absolute Gasteiger partial charge is 0.137 e. The molecular formula is C20H25N5O2. The fraction of sp³-hybridized carbons (Fsp3) is 0.450. The van der Waals surface area contributed by atoms with Gasteiger partial charge in [-0.1, -0.05) is 0 Å². The van der Waals surface area contributed by atoms with Crippen molar-refractivity contribution in [3.8, 4) is 17.0 Å². The average molecular weight is 367 g/mol. The van der Waals surface area contributed by atoms with Gasteiger partial charge in [-0.2, -0.15) is 5.10 Å². The van der Waals surface area contributed by atoms with Crippen molar-refractivity contribution in [2.45, 2.75) is 39.3 Å². The predicted octanol–water partition coefficient (Wildman–Crippen LogP) is 3.59. The zero-order valence-electron chi connectivity index (χ0n) is 16.2. The number of methoxy groups -OCH3 is 1. The first-order valence-electron chi connectivity index (χ1n) is 9.30. The maximum atomic E-state index is 5.54. The Morgan fingerprint density at radius 3 is 2.85 bits per heavy atom. The lowest BCUT2D eigenvalue weighted by Gasteiger charge is -2.17. The number of pyridine rings is 2. The van der Waals surface area contributed by atoms with Crippen LogP contribution in [0.15, 0.2) is 24.5 Å². The molecular weight excluding hydrogens is 342 g/mol.